The molecule has 0 bridgehead atoms. The number of benzene rings is 3. The molecular formula is C20H15FO3. The third kappa shape index (κ3) is 3.60. The Balaban J connectivity index is 1.80. The van der Waals surface area contributed by atoms with E-state index in [2.05, 4.69) is 0 Å². The Labute approximate surface area is 139 Å². The lowest BCUT2D eigenvalue weighted by Gasteiger charge is -2.09. The fraction of sp³-hybridized carbons (Fsp3) is 0.0500. The van der Waals surface area contributed by atoms with E-state index >= 15 is 0 Å². The molecule has 3 aromatic carbocycles. The van der Waals surface area contributed by atoms with Gasteiger partial charge < -0.3 is 9.84 Å². The first-order valence-corrected chi connectivity index (χ1v) is 7.43. The number of carboxylic acids is 1. The Morgan fingerprint density at radius 1 is 0.958 bits per heavy atom. The number of carboxylic acid groups (broad SMARTS) is 1. The second kappa shape index (κ2) is 6.96. The quantitative estimate of drug-likeness (QED) is 0.736. The molecule has 0 heterocycles. The molecule has 0 fully saturated rings. The van der Waals surface area contributed by atoms with Gasteiger partial charge in [0.2, 0.25) is 0 Å². The maximum absolute atomic E-state index is 14.4. The number of carbonyl (C=O) groups is 1. The smallest absolute Gasteiger partial charge is 0.335 e. The average Bonchev–Trinajstić information content (AvgIpc) is 2.61. The zero-order valence-corrected chi connectivity index (χ0v) is 12.8. The van der Waals surface area contributed by atoms with Crippen LogP contribution in [0.3, 0.4) is 0 Å². The number of hydrogen-bond acceptors (Lipinski definition) is 2. The van der Waals surface area contributed by atoms with Crippen molar-refractivity contribution in [2.24, 2.45) is 0 Å². The van der Waals surface area contributed by atoms with Gasteiger partial charge in [0, 0.05) is 11.6 Å². The highest BCUT2D eigenvalue weighted by atomic mass is 19.1. The van der Waals surface area contributed by atoms with Crippen molar-refractivity contribution in [3.05, 3.63) is 89.7 Å². The number of aromatic carboxylic acids is 1. The lowest BCUT2D eigenvalue weighted by atomic mass is 10.0. The highest BCUT2D eigenvalue weighted by molar-refractivity contribution is 5.89. The van der Waals surface area contributed by atoms with E-state index in [1.54, 1.807) is 24.3 Å². The van der Waals surface area contributed by atoms with Gasteiger partial charge >= 0.3 is 5.97 Å². The van der Waals surface area contributed by atoms with Gasteiger partial charge in [-0.05, 0) is 35.4 Å². The van der Waals surface area contributed by atoms with Gasteiger partial charge in [0.05, 0.1) is 5.56 Å². The molecule has 0 amide bonds. The van der Waals surface area contributed by atoms with Crippen LogP contribution in [0.1, 0.15) is 15.9 Å². The molecule has 0 aromatic heterocycles. The predicted octanol–water partition coefficient (Wildman–Crippen LogP) is 4.77. The van der Waals surface area contributed by atoms with E-state index in [0.29, 0.717) is 23.5 Å². The molecular weight excluding hydrogens is 307 g/mol. The lowest BCUT2D eigenvalue weighted by molar-refractivity contribution is 0.0697. The van der Waals surface area contributed by atoms with Crippen LogP contribution < -0.4 is 4.74 Å². The first-order valence-electron chi connectivity index (χ1n) is 7.43. The van der Waals surface area contributed by atoms with Crippen molar-refractivity contribution >= 4 is 5.97 Å². The van der Waals surface area contributed by atoms with Gasteiger partial charge in [0.15, 0.2) is 0 Å². The van der Waals surface area contributed by atoms with Gasteiger partial charge in [0.1, 0.15) is 18.2 Å². The van der Waals surface area contributed by atoms with Gasteiger partial charge in [-0.15, -0.1) is 0 Å². The molecule has 3 nitrogen and oxygen atoms in total. The summed E-state index contributed by atoms with van der Waals surface area (Å²) in [6.07, 6.45) is 0. The summed E-state index contributed by atoms with van der Waals surface area (Å²) >= 11 is 0. The Kier molecular flexibility index (Phi) is 4.57. The molecule has 120 valence electrons. The van der Waals surface area contributed by atoms with Crippen molar-refractivity contribution in [3.63, 3.8) is 0 Å². The lowest BCUT2D eigenvalue weighted by Crippen LogP contribution is -1.97. The Hall–Kier alpha value is -3.14. The standard InChI is InChI=1S/C20H15FO3/c21-19-12-17(24-13-14-5-2-1-3-6-14)9-10-18(19)15-7-4-8-16(11-15)20(22)23/h1-12H,13H2,(H,22,23). The van der Waals surface area contributed by atoms with Crippen molar-refractivity contribution in [1.82, 2.24) is 0 Å². The van der Waals surface area contributed by atoms with Crippen LogP contribution in [0.4, 0.5) is 4.39 Å². The zero-order valence-electron chi connectivity index (χ0n) is 12.8. The molecule has 0 saturated carbocycles. The van der Waals surface area contributed by atoms with Crippen LogP contribution in [0.25, 0.3) is 11.1 Å². The SMILES string of the molecule is O=C(O)c1cccc(-c2ccc(OCc3ccccc3)cc2F)c1. The summed E-state index contributed by atoms with van der Waals surface area (Å²) in [5.74, 6) is -1.07. The van der Waals surface area contributed by atoms with Crippen molar-refractivity contribution in [2.45, 2.75) is 6.61 Å². The van der Waals surface area contributed by atoms with E-state index in [9.17, 15) is 9.18 Å². The first-order chi connectivity index (χ1) is 11.6. The molecule has 0 atom stereocenters. The topological polar surface area (TPSA) is 46.5 Å². The summed E-state index contributed by atoms with van der Waals surface area (Å²) in [5.41, 5.74) is 1.97. The number of halogens is 1. The first kappa shape index (κ1) is 15.7. The van der Waals surface area contributed by atoms with Gasteiger partial charge in [-0.1, -0.05) is 42.5 Å². The van der Waals surface area contributed by atoms with Crippen LogP contribution in [-0.4, -0.2) is 11.1 Å². The second-order valence-corrected chi connectivity index (χ2v) is 5.30. The molecule has 0 saturated heterocycles. The minimum Gasteiger partial charge on any atom is -0.489 e. The van der Waals surface area contributed by atoms with Crippen LogP contribution in [0.5, 0.6) is 5.75 Å². The minimum absolute atomic E-state index is 0.122. The Morgan fingerprint density at radius 3 is 2.46 bits per heavy atom. The summed E-state index contributed by atoms with van der Waals surface area (Å²) in [6.45, 7) is 0.355. The average molecular weight is 322 g/mol. The third-order valence-electron chi connectivity index (χ3n) is 3.61. The fourth-order valence-corrected chi connectivity index (χ4v) is 2.38. The van der Waals surface area contributed by atoms with Gasteiger partial charge in [-0.2, -0.15) is 0 Å². The van der Waals surface area contributed by atoms with Gasteiger partial charge in [-0.3, -0.25) is 0 Å². The molecule has 0 aliphatic rings. The number of rotatable bonds is 5. The van der Waals surface area contributed by atoms with Crippen LogP contribution in [-0.2, 0) is 6.61 Å². The summed E-state index contributed by atoms with van der Waals surface area (Å²) < 4.78 is 20.0. The molecule has 1 N–H and O–H groups in total. The van der Waals surface area contributed by atoms with E-state index in [1.165, 1.54) is 18.2 Å². The molecule has 3 aromatic rings. The van der Waals surface area contributed by atoms with E-state index in [4.69, 9.17) is 9.84 Å². The molecule has 24 heavy (non-hydrogen) atoms. The molecule has 0 unspecified atom stereocenters. The fourth-order valence-electron chi connectivity index (χ4n) is 2.38. The van der Waals surface area contributed by atoms with E-state index in [-0.39, 0.29) is 5.56 Å². The molecule has 0 aliphatic heterocycles. The maximum Gasteiger partial charge on any atom is 0.335 e. The van der Waals surface area contributed by atoms with Crippen LogP contribution in [0, 0.1) is 5.82 Å². The maximum atomic E-state index is 14.4. The van der Waals surface area contributed by atoms with Crippen LogP contribution in [0.15, 0.2) is 72.8 Å². The summed E-state index contributed by atoms with van der Waals surface area (Å²) in [4.78, 5) is 11.0. The van der Waals surface area contributed by atoms with Crippen molar-refractivity contribution < 1.29 is 19.0 Å². The molecule has 0 radical (unpaired) electrons. The van der Waals surface area contributed by atoms with Gasteiger partial charge in [-0.25, -0.2) is 9.18 Å². The molecule has 3 rings (SSSR count). The van der Waals surface area contributed by atoms with E-state index in [0.717, 1.165) is 5.56 Å². The highest BCUT2D eigenvalue weighted by Gasteiger charge is 2.10. The predicted molar refractivity (Wildman–Crippen MR) is 89.6 cm³/mol. The largest absolute Gasteiger partial charge is 0.489 e. The molecule has 0 aliphatic carbocycles. The normalized spacial score (nSPS) is 10.4. The van der Waals surface area contributed by atoms with Crippen molar-refractivity contribution in [1.29, 1.82) is 0 Å². The Morgan fingerprint density at radius 2 is 1.75 bits per heavy atom. The monoisotopic (exact) mass is 322 g/mol. The summed E-state index contributed by atoms with van der Waals surface area (Å²) in [7, 11) is 0. The number of ether oxygens (including phenoxy) is 1. The van der Waals surface area contributed by atoms with E-state index < -0.39 is 11.8 Å². The number of hydrogen-bond donors (Lipinski definition) is 1. The summed E-state index contributed by atoms with van der Waals surface area (Å²) in [6, 6.07) is 20.4. The van der Waals surface area contributed by atoms with Crippen molar-refractivity contribution in [3.8, 4) is 16.9 Å². The second-order valence-electron chi connectivity index (χ2n) is 5.30. The van der Waals surface area contributed by atoms with E-state index in [1.807, 2.05) is 30.3 Å². The zero-order chi connectivity index (χ0) is 16.9. The molecule has 4 heteroatoms. The minimum atomic E-state index is -1.04. The van der Waals surface area contributed by atoms with Crippen LogP contribution in [0.2, 0.25) is 0 Å². The van der Waals surface area contributed by atoms with Crippen molar-refractivity contribution in [2.75, 3.05) is 0 Å². The van der Waals surface area contributed by atoms with Gasteiger partial charge in [0.25, 0.3) is 0 Å². The molecule has 0 spiro atoms. The Bertz CT molecular complexity index is 860. The van der Waals surface area contributed by atoms with Crippen LogP contribution >= 0.6 is 0 Å². The summed E-state index contributed by atoms with van der Waals surface area (Å²) in [5, 5.41) is 9.03. The third-order valence-corrected chi connectivity index (χ3v) is 3.61. The highest BCUT2D eigenvalue weighted by Crippen LogP contribution is 2.27.